The molecule has 1 fully saturated rings. The summed E-state index contributed by atoms with van der Waals surface area (Å²) in [5, 5.41) is 0.697. The van der Waals surface area contributed by atoms with Crippen molar-refractivity contribution in [1.82, 2.24) is 0 Å². The van der Waals surface area contributed by atoms with Gasteiger partial charge in [-0.05, 0) is 37.5 Å². The normalized spacial score (nSPS) is 18.0. The van der Waals surface area contributed by atoms with Gasteiger partial charge < -0.3 is 4.74 Å². The number of hydrogen-bond donors (Lipinski definition) is 0. The van der Waals surface area contributed by atoms with Crippen LogP contribution in [0.15, 0.2) is 24.3 Å². The fourth-order valence-corrected chi connectivity index (χ4v) is 2.36. The van der Waals surface area contributed by atoms with Crippen LogP contribution in [0.25, 0.3) is 0 Å². The first kappa shape index (κ1) is 12.4. The van der Waals surface area contributed by atoms with Crippen molar-refractivity contribution in [2.24, 2.45) is 5.92 Å². The first-order chi connectivity index (χ1) is 8.16. The summed E-state index contributed by atoms with van der Waals surface area (Å²) in [6.45, 7) is 1.90. The summed E-state index contributed by atoms with van der Waals surface area (Å²) in [4.78, 5) is 11.8. The number of esters is 1. The molecule has 0 bridgehead atoms. The summed E-state index contributed by atoms with van der Waals surface area (Å²) in [5.41, 5.74) is 0.987. The van der Waals surface area contributed by atoms with Crippen LogP contribution in [-0.4, -0.2) is 5.97 Å². The molecule has 1 atom stereocenters. The van der Waals surface area contributed by atoms with Gasteiger partial charge in [0.25, 0.3) is 0 Å². The van der Waals surface area contributed by atoms with Crippen molar-refractivity contribution < 1.29 is 9.53 Å². The number of carbonyl (C=O) groups is 1. The third-order valence-electron chi connectivity index (χ3n) is 3.32. The topological polar surface area (TPSA) is 26.3 Å². The largest absolute Gasteiger partial charge is 0.458 e. The van der Waals surface area contributed by atoms with Crippen molar-refractivity contribution in [3.8, 4) is 0 Å². The number of carbonyl (C=O) groups excluding carboxylic acids is 1. The molecular weight excluding hydrogens is 236 g/mol. The lowest BCUT2D eigenvalue weighted by atomic mass is 10.1. The van der Waals surface area contributed by atoms with Gasteiger partial charge in [-0.25, -0.2) is 0 Å². The van der Waals surface area contributed by atoms with Crippen LogP contribution in [0.1, 0.15) is 44.3 Å². The van der Waals surface area contributed by atoms with Crippen LogP contribution in [-0.2, 0) is 9.53 Å². The van der Waals surface area contributed by atoms with Crippen LogP contribution in [0.2, 0.25) is 5.02 Å². The van der Waals surface area contributed by atoms with Crippen molar-refractivity contribution in [3.63, 3.8) is 0 Å². The van der Waals surface area contributed by atoms with Gasteiger partial charge >= 0.3 is 5.97 Å². The molecule has 0 aliphatic heterocycles. The molecule has 1 aromatic rings. The molecule has 3 heteroatoms. The summed E-state index contributed by atoms with van der Waals surface area (Å²) in [6.07, 6.45) is 4.06. The minimum absolute atomic E-state index is 0.0510. The van der Waals surface area contributed by atoms with E-state index in [0.717, 1.165) is 31.2 Å². The molecule has 1 unspecified atom stereocenters. The molecular formula is C14H17ClO2. The van der Waals surface area contributed by atoms with E-state index in [-0.39, 0.29) is 18.0 Å². The first-order valence-corrected chi connectivity index (χ1v) is 6.50. The fourth-order valence-electron chi connectivity index (χ4n) is 2.23. The molecule has 0 aromatic heterocycles. The van der Waals surface area contributed by atoms with Crippen molar-refractivity contribution in [1.29, 1.82) is 0 Å². The van der Waals surface area contributed by atoms with E-state index in [1.807, 2.05) is 31.2 Å². The van der Waals surface area contributed by atoms with Crippen LogP contribution in [0.3, 0.4) is 0 Å². The molecule has 1 aliphatic carbocycles. The molecule has 0 heterocycles. The van der Waals surface area contributed by atoms with Crippen LogP contribution in [0.4, 0.5) is 0 Å². The van der Waals surface area contributed by atoms with Gasteiger partial charge in [-0.2, -0.15) is 0 Å². The minimum atomic E-state index is -0.194. The highest BCUT2D eigenvalue weighted by atomic mass is 35.5. The second-order valence-electron chi connectivity index (χ2n) is 4.61. The molecule has 1 aromatic carbocycles. The maximum atomic E-state index is 11.8. The molecule has 2 rings (SSSR count). The zero-order valence-electron chi connectivity index (χ0n) is 9.99. The van der Waals surface area contributed by atoms with Gasteiger partial charge in [0.05, 0.1) is 5.92 Å². The monoisotopic (exact) mass is 252 g/mol. The van der Waals surface area contributed by atoms with Gasteiger partial charge in [0.1, 0.15) is 6.10 Å². The van der Waals surface area contributed by atoms with Gasteiger partial charge in [-0.3, -0.25) is 4.79 Å². The molecule has 92 valence electrons. The Hall–Kier alpha value is -1.02. The molecule has 2 nitrogen and oxygen atoms in total. The molecule has 1 saturated carbocycles. The second kappa shape index (κ2) is 5.54. The standard InChI is InChI=1S/C14H17ClO2/c1-10(11-6-8-13(15)9-7-11)17-14(16)12-4-2-3-5-12/h6-10,12H,2-5H2,1H3. The average Bonchev–Trinajstić information content (AvgIpc) is 2.83. The third-order valence-corrected chi connectivity index (χ3v) is 3.57. The summed E-state index contributed by atoms with van der Waals surface area (Å²) >= 11 is 5.82. The Morgan fingerprint density at radius 2 is 1.88 bits per heavy atom. The highest BCUT2D eigenvalue weighted by molar-refractivity contribution is 6.30. The van der Waals surface area contributed by atoms with Crippen molar-refractivity contribution in [2.75, 3.05) is 0 Å². The maximum absolute atomic E-state index is 11.8. The lowest BCUT2D eigenvalue weighted by molar-refractivity contribution is -0.153. The van der Waals surface area contributed by atoms with Gasteiger partial charge in [0, 0.05) is 5.02 Å². The summed E-state index contributed by atoms with van der Waals surface area (Å²) in [6, 6.07) is 7.43. The number of ether oxygens (including phenoxy) is 1. The lowest BCUT2D eigenvalue weighted by Crippen LogP contribution is -2.16. The number of rotatable bonds is 3. The second-order valence-corrected chi connectivity index (χ2v) is 5.05. The predicted molar refractivity (Wildman–Crippen MR) is 67.9 cm³/mol. The van der Waals surface area contributed by atoms with E-state index in [0.29, 0.717) is 5.02 Å². The van der Waals surface area contributed by atoms with E-state index in [1.54, 1.807) is 0 Å². The molecule has 17 heavy (non-hydrogen) atoms. The number of halogens is 1. The van der Waals surface area contributed by atoms with Crippen molar-refractivity contribution >= 4 is 17.6 Å². The Morgan fingerprint density at radius 1 is 1.29 bits per heavy atom. The predicted octanol–water partition coefficient (Wildman–Crippen LogP) is 4.13. The average molecular weight is 253 g/mol. The van der Waals surface area contributed by atoms with Crippen LogP contribution in [0.5, 0.6) is 0 Å². The number of benzene rings is 1. The quantitative estimate of drug-likeness (QED) is 0.756. The van der Waals surface area contributed by atoms with Crippen molar-refractivity contribution in [3.05, 3.63) is 34.9 Å². The van der Waals surface area contributed by atoms with Gasteiger partial charge in [-0.1, -0.05) is 36.6 Å². The Balaban J connectivity index is 1.93. The summed E-state index contributed by atoms with van der Waals surface area (Å²) < 4.78 is 5.48. The Morgan fingerprint density at radius 3 is 2.47 bits per heavy atom. The van der Waals surface area contributed by atoms with E-state index in [2.05, 4.69) is 0 Å². The Kier molecular flexibility index (Phi) is 4.06. The molecule has 0 saturated heterocycles. The Bertz CT molecular complexity index is 380. The van der Waals surface area contributed by atoms with Crippen LogP contribution in [0, 0.1) is 5.92 Å². The van der Waals surface area contributed by atoms with E-state index < -0.39 is 0 Å². The molecule has 0 N–H and O–H groups in total. The lowest BCUT2D eigenvalue weighted by Gasteiger charge is -2.16. The molecule has 0 radical (unpaired) electrons. The molecule has 0 spiro atoms. The van der Waals surface area contributed by atoms with Gasteiger partial charge in [0.2, 0.25) is 0 Å². The molecule has 0 amide bonds. The van der Waals surface area contributed by atoms with E-state index in [9.17, 15) is 4.79 Å². The smallest absolute Gasteiger partial charge is 0.309 e. The zero-order valence-corrected chi connectivity index (χ0v) is 10.7. The molecule has 1 aliphatic rings. The minimum Gasteiger partial charge on any atom is -0.458 e. The van der Waals surface area contributed by atoms with Crippen molar-refractivity contribution in [2.45, 2.75) is 38.7 Å². The highest BCUT2D eigenvalue weighted by Gasteiger charge is 2.25. The number of hydrogen-bond acceptors (Lipinski definition) is 2. The first-order valence-electron chi connectivity index (χ1n) is 6.13. The van der Waals surface area contributed by atoms with Crippen LogP contribution >= 0.6 is 11.6 Å². The fraction of sp³-hybridized carbons (Fsp3) is 0.500. The summed E-state index contributed by atoms with van der Waals surface area (Å²) in [7, 11) is 0. The SMILES string of the molecule is CC(OC(=O)C1CCCC1)c1ccc(Cl)cc1. The zero-order chi connectivity index (χ0) is 12.3. The van der Waals surface area contributed by atoms with E-state index >= 15 is 0 Å². The Labute approximate surface area is 107 Å². The van der Waals surface area contributed by atoms with Gasteiger partial charge in [-0.15, -0.1) is 0 Å². The van der Waals surface area contributed by atoms with E-state index in [1.165, 1.54) is 0 Å². The maximum Gasteiger partial charge on any atom is 0.309 e. The van der Waals surface area contributed by atoms with Crippen LogP contribution < -0.4 is 0 Å². The highest BCUT2D eigenvalue weighted by Crippen LogP contribution is 2.28. The summed E-state index contributed by atoms with van der Waals surface area (Å²) in [5.74, 6) is 0.0645. The third kappa shape index (κ3) is 3.22. The van der Waals surface area contributed by atoms with Gasteiger partial charge in [0.15, 0.2) is 0 Å². The van der Waals surface area contributed by atoms with E-state index in [4.69, 9.17) is 16.3 Å².